The Morgan fingerprint density at radius 1 is 0.962 bits per heavy atom. The molecule has 2 heterocycles. The Balaban J connectivity index is 2.01. The first-order valence-corrected chi connectivity index (χ1v) is 8.53. The van der Waals surface area contributed by atoms with Crippen molar-refractivity contribution in [2.45, 2.75) is 0 Å². The van der Waals surface area contributed by atoms with Gasteiger partial charge in [-0.2, -0.15) is 5.26 Å². The quantitative estimate of drug-likeness (QED) is 0.491. The number of nitrogens with one attached hydrogen (secondary N) is 2. The standard InChI is InChI=1S/C20H11Cl2N3O/c21-11-5-6-12(17(22)7-11)14-8-19(25-20(26)15(14)9-23)16-10-24-18-4-2-1-3-13(16)18/h1-8,10,24H,(H,25,26). The Kier molecular flexibility index (Phi) is 4.04. The van der Waals surface area contributed by atoms with Crippen LogP contribution in [0.4, 0.5) is 0 Å². The summed E-state index contributed by atoms with van der Waals surface area (Å²) in [5, 5.41) is 11.3. The Labute approximate surface area is 158 Å². The molecule has 0 spiro atoms. The molecule has 0 amide bonds. The van der Waals surface area contributed by atoms with Crippen molar-refractivity contribution in [3.8, 4) is 28.5 Å². The number of nitrogens with zero attached hydrogens (tertiary/aromatic N) is 1. The van der Waals surface area contributed by atoms with Gasteiger partial charge >= 0.3 is 0 Å². The fourth-order valence-electron chi connectivity index (χ4n) is 3.03. The zero-order valence-electron chi connectivity index (χ0n) is 13.3. The maximum absolute atomic E-state index is 12.5. The van der Waals surface area contributed by atoms with E-state index in [0.717, 1.165) is 16.5 Å². The van der Waals surface area contributed by atoms with Crippen molar-refractivity contribution >= 4 is 34.1 Å². The third-order valence-corrected chi connectivity index (χ3v) is 4.79. The molecule has 0 aliphatic carbocycles. The van der Waals surface area contributed by atoms with Gasteiger partial charge in [0.05, 0.1) is 5.69 Å². The highest BCUT2D eigenvalue weighted by molar-refractivity contribution is 6.36. The largest absolute Gasteiger partial charge is 0.360 e. The first kappa shape index (κ1) is 16.5. The molecule has 0 unspecified atom stereocenters. The van der Waals surface area contributed by atoms with Crippen molar-refractivity contribution in [2.75, 3.05) is 0 Å². The molecule has 0 fully saturated rings. The molecule has 2 aromatic carbocycles. The van der Waals surface area contributed by atoms with E-state index in [9.17, 15) is 10.1 Å². The van der Waals surface area contributed by atoms with E-state index < -0.39 is 5.56 Å². The van der Waals surface area contributed by atoms with Gasteiger partial charge < -0.3 is 9.97 Å². The highest BCUT2D eigenvalue weighted by Crippen LogP contribution is 2.34. The maximum atomic E-state index is 12.5. The van der Waals surface area contributed by atoms with Crippen LogP contribution in [-0.2, 0) is 0 Å². The summed E-state index contributed by atoms with van der Waals surface area (Å²) in [6.45, 7) is 0. The molecule has 4 rings (SSSR count). The van der Waals surface area contributed by atoms with E-state index in [4.69, 9.17) is 23.2 Å². The van der Waals surface area contributed by atoms with Crippen LogP contribution in [0.15, 0.2) is 59.5 Å². The second-order valence-electron chi connectivity index (χ2n) is 5.78. The molecule has 0 aliphatic rings. The van der Waals surface area contributed by atoms with Crippen molar-refractivity contribution in [2.24, 2.45) is 0 Å². The first-order valence-electron chi connectivity index (χ1n) is 7.78. The van der Waals surface area contributed by atoms with Gasteiger partial charge in [0, 0.05) is 43.8 Å². The molecule has 4 nitrogen and oxygen atoms in total. The average Bonchev–Trinajstić information content (AvgIpc) is 3.05. The van der Waals surface area contributed by atoms with Gasteiger partial charge in [-0.1, -0.05) is 47.5 Å². The Morgan fingerprint density at radius 2 is 1.77 bits per heavy atom. The van der Waals surface area contributed by atoms with E-state index in [2.05, 4.69) is 9.97 Å². The first-order chi connectivity index (χ1) is 12.6. The van der Waals surface area contributed by atoms with Gasteiger partial charge in [0.25, 0.3) is 5.56 Å². The molecular weight excluding hydrogens is 369 g/mol. The van der Waals surface area contributed by atoms with Crippen LogP contribution >= 0.6 is 23.2 Å². The van der Waals surface area contributed by atoms with Crippen LogP contribution in [0.1, 0.15) is 5.56 Å². The highest BCUT2D eigenvalue weighted by atomic mass is 35.5. The predicted molar refractivity (Wildman–Crippen MR) is 105 cm³/mol. The summed E-state index contributed by atoms with van der Waals surface area (Å²) in [5.41, 5.74) is 3.01. The van der Waals surface area contributed by atoms with Crippen molar-refractivity contribution in [1.82, 2.24) is 9.97 Å². The number of pyridine rings is 1. The van der Waals surface area contributed by atoms with Crippen molar-refractivity contribution < 1.29 is 0 Å². The summed E-state index contributed by atoms with van der Waals surface area (Å²) in [6, 6.07) is 16.5. The van der Waals surface area contributed by atoms with Gasteiger partial charge in [-0.05, 0) is 24.3 Å². The van der Waals surface area contributed by atoms with Gasteiger partial charge in [-0.3, -0.25) is 4.79 Å². The van der Waals surface area contributed by atoms with Crippen LogP contribution in [0, 0.1) is 11.3 Å². The third kappa shape index (κ3) is 2.68. The van der Waals surface area contributed by atoms with E-state index in [1.165, 1.54) is 0 Å². The minimum Gasteiger partial charge on any atom is -0.360 e. The van der Waals surface area contributed by atoms with E-state index >= 15 is 0 Å². The minimum atomic E-state index is -0.462. The highest BCUT2D eigenvalue weighted by Gasteiger charge is 2.16. The third-order valence-electron chi connectivity index (χ3n) is 4.25. The summed E-state index contributed by atoms with van der Waals surface area (Å²) >= 11 is 12.3. The molecule has 6 heteroatoms. The van der Waals surface area contributed by atoms with E-state index in [0.29, 0.717) is 26.9 Å². The van der Waals surface area contributed by atoms with Crippen LogP contribution in [0.3, 0.4) is 0 Å². The number of aromatic amines is 2. The predicted octanol–water partition coefficient (Wildman–Crippen LogP) is 5.37. The molecular formula is C20H11Cl2N3O. The zero-order chi connectivity index (χ0) is 18.3. The summed E-state index contributed by atoms with van der Waals surface area (Å²) in [5.74, 6) is 0. The summed E-state index contributed by atoms with van der Waals surface area (Å²) in [4.78, 5) is 18.5. The fourth-order valence-corrected chi connectivity index (χ4v) is 3.54. The number of fused-ring (bicyclic) bond motifs is 1. The lowest BCUT2D eigenvalue weighted by Gasteiger charge is -2.09. The Bertz CT molecular complexity index is 1250. The van der Waals surface area contributed by atoms with E-state index in [1.54, 1.807) is 24.3 Å². The fraction of sp³-hybridized carbons (Fsp3) is 0. The number of H-pyrrole nitrogens is 2. The number of rotatable bonds is 2. The lowest BCUT2D eigenvalue weighted by molar-refractivity contribution is 1.22. The normalized spacial score (nSPS) is 10.8. The molecule has 0 atom stereocenters. The summed E-state index contributed by atoms with van der Waals surface area (Å²) in [6.07, 6.45) is 1.83. The van der Waals surface area contributed by atoms with Gasteiger partial charge in [-0.15, -0.1) is 0 Å². The van der Waals surface area contributed by atoms with Gasteiger partial charge in [-0.25, -0.2) is 0 Å². The van der Waals surface area contributed by atoms with Crippen LogP contribution in [0.5, 0.6) is 0 Å². The van der Waals surface area contributed by atoms with Gasteiger partial charge in [0.1, 0.15) is 11.6 Å². The summed E-state index contributed by atoms with van der Waals surface area (Å²) in [7, 11) is 0. The Hall–Kier alpha value is -3.00. The van der Waals surface area contributed by atoms with E-state index in [-0.39, 0.29) is 5.56 Å². The smallest absolute Gasteiger partial charge is 0.266 e. The molecule has 0 radical (unpaired) electrons. The van der Waals surface area contributed by atoms with E-state index in [1.807, 2.05) is 36.5 Å². The molecule has 0 saturated carbocycles. The van der Waals surface area contributed by atoms with Crippen LogP contribution in [0.2, 0.25) is 10.0 Å². The molecule has 2 N–H and O–H groups in total. The lowest BCUT2D eigenvalue weighted by atomic mass is 9.99. The maximum Gasteiger partial charge on any atom is 0.266 e. The second-order valence-corrected chi connectivity index (χ2v) is 6.63. The molecule has 126 valence electrons. The van der Waals surface area contributed by atoms with Crippen LogP contribution in [-0.4, -0.2) is 9.97 Å². The van der Waals surface area contributed by atoms with Crippen molar-refractivity contribution in [1.29, 1.82) is 5.26 Å². The number of halogens is 2. The molecule has 2 aromatic heterocycles. The number of benzene rings is 2. The number of para-hydroxylation sites is 1. The summed E-state index contributed by atoms with van der Waals surface area (Å²) < 4.78 is 0. The minimum absolute atomic E-state index is 0.0119. The van der Waals surface area contributed by atoms with Crippen molar-refractivity contribution in [3.05, 3.63) is 80.7 Å². The molecule has 0 bridgehead atoms. The van der Waals surface area contributed by atoms with Gasteiger partial charge in [0.2, 0.25) is 0 Å². The average molecular weight is 380 g/mol. The number of hydrogen-bond acceptors (Lipinski definition) is 2. The SMILES string of the molecule is N#Cc1c(-c2ccc(Cl)cc2Cl)cc(-c2c[nH]c3ccccc23)[nH]c1=O. The van der Waals surface area contributed by atoms with Gasteiger partial charge in [0.15, 0.2) is 0 Å². The molecule has 4 aromatic rings. The number of nitriles is 1. The molecule has 26 heavy (non-hydrogen) atoms. The lowest BCUT2D eigenvalue weighted by Crippen LogP contribution is -2.12. The topological polar surface area (TPSA) is 72.4 Å². The number of aromatic nitrogens is 2. The molecule has 0 saturated heterocycles. The second kappa shape index (κ2) is 6.38. The van der Waals surface area contributed by atoms with Crippen LogP contribution in [0.25, 0.3) is 33.3 Å². The van der Waals surface area contributed by atoms with Crippen LogP contribution < -0.4 is 5.56 Å². The Morgan fingerprint density at radius 3 is 2.54 bits per heavy atom. The monoisotopic (exact) mass is 379 g/mol. The molecule has 0 aliphatic heterocycles. The number of hydrogen-bond donors (Lipinski definition) is 2. The van der Waals surface area contributed by atoms with Crippen molar-refractivity contribution in [3.63, 3.8) is 0 Å². The zero-order valence-corrected chi connectivity index (χ0v) is 14.8.